The molecule has 28 heavy (non-hydrogen) atoms. The number of carbonyl (C=O) groups excluding carboxylic acids is 2. The van der Waals surface area contributed by atoms with Gasteiger partial charge in [-0.3, -0.25) is 14.9 Å². The van der Waals surface area contributed by atoms with Crippen LogP contribution in [0.4, 0.5) is 11.4 Å². The number of nitro benzene ring substituents is 1. The van der Waals surface area contributed by atoms with Crippen molar-refractivity contribution in [2.45, 2.75) is 13.5 Å². The summed E-state index contributed by atoms with van der Waals surface area (Å²) in [4.78, 5) is 34.5. The zero-order valence-electron chi connectivity index (χ0n) is 15.5. The van der Waals surface area contributed by atoms with E-state index in [-0.39, 0.29) is 23.5 Å². The molecule has 0 unspecified atom stereocenters. The Hall–Kier alpha value is -3.46. The number of hydrogen-bond acceptors (Lipinski definition) is 7. The number of ether oxygens (including phenoxy) is 3. The van der Waals surface area contributed by atoms with E-state index in [1.807, 2.05) is 6.92 Å². The number of methoxy groups -OCH3 is 1. The van der Waals surface area contributed by atoms with Crippen LogP contribution in [0.25, 0.3) is 0 Å². The summed E-state index contributed by atoms with van der Waals surface area (Å²) in [6, 6.07) is 10.4. The maximum Gasteiger partial charge on any atom is 0.338 e. The van der Waals surface area contributed by atoms with Gasteiger partial charge in [0.2, 0.25) is 0 Å². The van der Waals surface area contributed by atoms with E-state index in [4.69, 9.17) is 14.2 Å². The number of anilines is 1. The van der Waals surface area contributed by atoms with Crippen LogP contribution < -0.4 is 10.1 Å². The van der Waals surface area contributed by atoms with Gasteiger partial charge < -0.3 is 19.5 Å². The first kappa shape index (κ1) is 20.8. The van der Waals surface area contributed by atoms with Crippen LogP contribution in [0.15, 0.2) is 42.5 Å². The van der Waals surface area contributed by atoms with Crippen LogP contribution in [0.5, 0.6) is 5.75 Å². The third-order valence-electron chi connectivity index (χ3n) is 3.69. The fourth-order valence-corrected chi connectivity index (χ4v) is 2.37. The van der Waals surface area contributed by atoms with E-state index < -0.39 is 23.4 Å². The molecule has 9 nitrogen and oxygen atoms in total. The molecule has 0 heterocycles. The van der Waals surface area contributed by atoms with Gasteiger partial charge in [0.05, 0.1) is 24.2 Å². The molecule has 0 saturated heterocycles. The molecule has 0 aliphatic heterocycles. The van der Waals surface area contributed by atoms with E-state index in [1.54, 1.807) is 18.2 Å². The minimum absolute atomic E-state index is 0.0250. The Morgan fingerprint density at radius 3 is 2.61 bits per heavy atom. The SMILES string of the molecule is CCOCc1cc(C(=O)OCC(=O)Nc2ccccc2[N+](=O)[O-])ccc1OC. The Morgan fingerprint density at radius 2 is 1.93 bits per heavy atom. The lowest BCUT2D eigenvalue weighted by Gasteiger charge is -2.11. The summed E-state index contributed by atoms with van der Waals surface area (Å²) >= 11 is 0. The summed E-state index contributed by atoms with van der Waals surface area (Å²) in [6.45, 7) is 2.03. The van der Waals surface area contributed by atoms with E-state index in [0.717, 1.165) is 0 Å². The molecule has 0 radical (unpaired) electrons. The second kappa shape index (κ2) is 10.0. The number of nitro groups is 1. The van der Waals surface area contributed by atoms with Gasteiger partial charge in [-0.2, -0.15) is 0 Å². The highest BCUT2D eigenvalue weighted by Crippen LogP contribution is 2.23. The molecule has 1 amide bonds. The fraction of sp³-hybridized carbons (Fsp3) is 0.263. The minimum Gasteiger partial charge on any atom is -0.496 e. The van der Waals surface area contributed by atoms with Crippen molar-refractivity contribution in [2.75, 3.05) is 25.6 Å². The Morgan fingerprint density at radius 1 is 1.18 bits per heavy atom. The highest BCUT2D eigenvalue weighted by molar-refractivity contribution is 5.96. The first-order valence-electron chi connectivity index (χ1n) is 8.41. The second-order valence-corrected chi connectivity index (χ2v) is 5.56. The van der Waals surface area contributed by atoms with Crippen molar-refractivity contribution >= 4 is 23.3 Å². The number of nitrogens with one attached hydrogen (secondary N) is 1. The van der Waals surface area contributed by atoms with Gasteiger partial charge in [-0.05, 0) is 31.2 Å². The molecule has 2 aromatic rings. The summed E-state index contributed by atoms with van der Waals surface area (Å²) in [5.41, 5.74) is 0.673. The van der Waals surface area contributed by atoms with Crippen molar-refractivity contribution in [2.24, 2.45) is 0 Å². The van der Waals surface area contributed by atoms with Crippen LogP contribution in [0.3, 0.4) is 0 Å². The minimum atomic E-state index is -0.710. The predicted octanol–water partition coefficient (Wildman–Crippen LogP) is 2.94. The summed E-state index contributed by atoms with van der Waals surface area (Å²) in [5.74, 6) is -0.831. The summed E-state index contributed by atoms with van der Waals surface area (Å²) in [5, 5.41) is 13.3. The van der Waals surface area contributed by atoms with Crippen molar-refractivity contribution in [3.63, 3.8) is 0 Å². The van der Waals surface area contributed by atoms with Crippen molar-refractivity contribution in [1.82, 2.24) is 0 Å². The number of nitrogens with zero attached hydrogens (tertiary/aromatic N) is 1. The summed E-state index contributed by atoms with van der Waals surface area (Å²) in [7, 11) is 1.51. The number of carbonyl (C=O) groups is 2. The molecule has 2 rings (SSSR count). The van der Waals surface area contributed by atoms with Crippen molar-refractivity contribution in [3.05, 3.63) is 63.7 Å². The van der Waals surface area contributed by atoms with Crippen LogP contribution >= 0.6 is 0 Å². The van der Waals surface area contributed by atoms with Crippen LogP contribution in [0.2, 0.25) is 0 Å². The van der Waals surface area contributed by atoms with Crippen LogP contribution in [0, 0.1) is 10.1 Å². The van der Waals surface area contributed by atoms with Crippen LogP contribution in [-0.2, 0) is 20.9 Å². The summed E-state index contributed by atoms with van der Waals surface area (Å²) in [6.07, 6.45) is 0. The first-order valence-corrected chi connectivity index (χ1v) is 8.41. The average Bonchev–Trinajstić information content (AvgIpc) is 2.70. The topological polar surface area (TPSA) is 117 Å². The lowest BCUT2D eigenvalue weighted by molar-refractivity contribution is -0.383. The van der Waals surface area contributed by atoms with Gasteiger partial charge in [0.1, 0.15) is 11.4 Å². The van der Waals surface area contributed by atoms with E-state index >= 15 is 0 Å². The van der Waals surface area contributed by atoms with Gasteiger partial charge in [0.15, 0.2) is 6.61 Å². The normalized spacial score (nSPS) is 10.2. The smallest absolute Gasteiger partial charge is 0.338 e. The van der Waals surface area contributed by atoms with Crippen LogP contribution in [0.1, 0.15) is 22.8 Å². The molecule has 0 fully saturated rings. The maximum absolute atomic E-state index is 12.2. The Kier molecular flexibility index (Phi) is 7.46. The fourth-order valence-electron chi connectivity index (χ4n) is 2.37. The Bertz CT molecular complexity index is 867. The zero-order valence-corrected chi connectivity index (χ0v) is 15.5. The number of hydrogen-bond donors (Lipinski definition) is 1. The monoisotopic (exact) mass is 388 g/mol. The van der Waals surface area contributed by atoms with E-state index in [1.165, 1.54) is 31.4 Å². The van der Waals surface area contributed by atoms with Crippen LogP contribution in [-0.4, -0.2) is 37.1 Å². The molecular weight excluding hydrogens is 368 g/mol. The molecule has 9 heteroatoms. The van der Waals surface area contributed by atoms with Crippen molar-refractivity contribution in [1.29, 1.82) is 0 Å². The number of amides is 1. The third kappa shape index (κ3) is 5.52. The highest BCUT2D eigenvalue weighted by atomic mass is 16.6. The second-order valence-electron chi connectivity index (χ2n) is 5.56. The molecular formula is C19H20N2O7. The molecule has 1 N–H and O–H groups in total. The molecule has 0 atom stereocenters. The largest absolute Gasteiger partial charge is 0.496 e. The highest BCUT2D eigenvalue weighted by Gasteiger charge is 2.17. The van der Waals surface area contributed by atoms with Gasteiger partial charge in [-0.25, -0.2) is 4.79 Å². The van der Waals surface area contributed by atoms with Crippen molar-refractivity contribution < 1.29 is 28.7 Å². The van der Waals surface area contributed by atoms with E-state index in [0.29, 0.717) is 17.9 Å². The Labute approximate surface area is 161 Å². The quantitative estimate of drug-likeness (QED) is 0.399. The number of esters is 1. The van der Waals surface area contributed by atoms with Gasteiger partial charge in [-0.1, -0.05) is 12.1 Å². The number of para-hydroxylation sites is 2. The average molecular weight is 388 g/mol. The van der Waals surface area contributed by atoms with E-state index in [9.17, 15) is 19.7 Å². The van der Waals surface area contributed by atoms with Gasteiger partial charge >= 0.3 is 5.97 Å². The lowest BCUT2D eigenvalue weighted by Crippen LogP contribution is -2.21. The first-order chi connectivity index (χ1) is 13.5. The summed E-state index contributed by atoms with van der Waals surface area (Å²) < 4.78 is 15.6. The molecule has 0 saturated carbocycles. The third-order valence-corrected chi connectivity index (χ3v) is 3.69. The van der Waals surface area contributed by atoms with E-state index in [2.05, 4.69) is 5.32 Å². The van der Waals surface area contributed by atoms with Gasteiger partial charge in [0.25, 0.3) is 11.6 Å². The molecule has 0 spiro atoms. The standard InChI is InChI=1S/C19H20N2O7/c1-3-27-11-14-10-13(8-9-17(14)26-2)19(23)28-12-18(22)20-15-6-4-5-7-16(15)21(24)25/h4-10H,3,11-12H2,1-2H3,(H,20,22). The number of rotatable bonds is 9. The molecule has 148 valence electrons. The molecule has 2 aromatic carbocycles. The number of benzene rings is 2. The van der Waals surface area contributed by atoms with Gasteiger partial charge in [-0.15, -0.1) is 0 Å². The Balaban J connectivity index is 2.00. The zero-order chi connectivity index (χ0) is 20.5. The lowest BCUT2D eigenvalue weighted by atomic mass is 10.1. The van der Waals surface area contributed by atoms with Crippen molar-refractivity contribution in [3.8, 4) is 5.75 Å². The molecule has 0 aromatic heterocycles. The molecule has 0 aliphatic rings. The predicted molar refractivity (Wildman–Crippen MR) is 100 cm³/mol. The maximum atomic E-state index is 12.2. The molecule has 0 bridgehead atoms. The van der Waals surface area contributed by atoms with Gasteiger partial charge in [0, 0.05) is 18.2 Å². The molecule has 0 aliphatic carbocycles.